The number of nitrogens with one attached hydrogen (secondary N) is 1. The van der Waals surface area contributed by atoms with Gasteiger partial charge in [-0.3, -0.25) is 0 Å². The molecule has 4 nitrogen and oxygen atoms in total. The van der Waals surface area contributed by atoms with Gasteiger partial charge >= 0.3 is 0 Å². The molecule has 0 saturated heterocycles. The molecule has 0 aliphatic heterocycles. The summed E-state index contributed by atoms with van der Waals surface area (Å²) in [7, 11) is 0. The highest BCUT2D eigenvalue weighted by molar-refractivity contribution is 6.31. The van der Waals surface area contributed by atoms with Gasteiger partial charge in [-0.05, 0) is 29.8 Å². The van der Waals surface area contributed by atoms with Crippen LogP contribution in [0.15, 0.2) is 24.4 Å². The minimum absolute atomic E-state index is 0.00808. The number of benzene rings is 1. The van der Waals surface area contributed by atoms with Crippen LogP contribution >= 0.6 is 23.2 Å². The Morgan fingerprint density at radius 2 is 2.06 bits per heavy atom. The molecule has 0 spiro atoms. The fraction of sp³-hybridized carbons (Fsp3) is 0. The summed E-state index contributed by atoms with van der Waals surface area (Å²) in [4.78, 5) is 7.62. The summed E-state index contributed by atoms with van der Waals surface area (Å²) in [5.41, 5.74) is 6.53. The molecule has 0 bridgehead atoms. The summed E-state index contributed by atoms with van der Waals surface area (Å²) in [5.74, 6) is -0.154. The second-order valence-corrected chi connectivity index (χ2v) is 3.94. The quantitative estimate of drug-likeness (QED) is 0.824. The van der Waals surface area contributed by atoms with E-state index in [0.29, 0.717) is 17.2 Å². The third-order valence-electron chi connectivity index (χ3n) is 1.97. The highest BCUT2D eigenvalue weighted by Gasteiger charge is 2.05. The smallest absolute Gasteiger partial charge is 0.224 e. The van der Waals surface area contributed by atoms with Gasteiger partial charge in [0.1, 0.15) is 5.82 Å². The lowest BCUT2D eigenvalue weighted by Crippen LogP contribution is -2.00. The fourth-order valence-electron chi connectivity index (χ4n) is 1.18. The zero-order chi connectivity index (χ0) is 12.4. The number of anilines is 3. The Hall–Kier alpha value is -1.59. The molecule has 2 rings (SSSR count). The van der Waals surface area contributed by atoms with Crippen LogP contribution in [0.1, 0.15) is 0 Å². The van der Waals surface area contributed by atoms with Crippen LogP contribution in [0.5, 0.6) is 0 Å². The zero-order valence-electron chi connectivity index (χ0n) is 8.42. The lowest BCUT2D eigenvalue weighted by atomic mass is 10.3. The summed E-state index contributed by atoms with van der Waals surface area (Å²) < 4.78 is 12.9. The molecule has 17 heavy (non-hydrogen) atoms. The summed E-state index contributed by atoms with van der Waals surface area (Å²) in [5, 5.41) is 2.94. The van der Waals surface area contributed by atoms with Crippen molar-refractivity contribution in [2.75, 3.05) is 11.1 Å². The van der Waals surface area contributed by atoms with E-state index in [0.717, 1.165) is 0 Å². The standard InChI is InChI=1S/C10H7Cl2FN4/c11-6-3-5(1-2-7(6)13)16-9-8(14)4-15-10(12)17-9/h1-4H,14H2,(H,15,16,17). The average Bonchev–Trinajstić information content (AvgIpc) is 2.29. The Balaban J connectivity index is 2.31. The SMILES string of the molecule is Nc1cnc(Cl)nc1Nc1ccc(F)c(Cl)c1. The third-order valence-corrected chi connectivity index (χ3v) is 2.44. The van der Waals surface area contributed by atoms with E-state index in [1.165, 1.54) is 24.4 Å². The molecule has 7 heteroatoms. The van der Waals surface area contributed by atoms with Crippen LogP contribution < -0.4 is 11.1 Å². The molecule has 3 N–H and O–H groups in total. The van der Waals surface area contributed by atoms with Gasteiger partial charge in [0, 0.05) is 5.69 Å². The van der Waals surface area contributed by atoms with Crippen molar-refractivity contribution in [3.63, 3.8) is 0 Å². The lowest BCUT2D eigenvalue weighted by Gasteiger charge is -2.08. The number of nitrogens with zero attached hydrogens (tertiary/aromatic N) is 2. The molecule has 0 aliphatic rings. The van der Waals surface area contributed by atoms with Crippen molar-refractivity contribution in [3.05, 3.63) is 40.5 Å². The van der Waals surface area contributed by atoms with Crippen molar-refractivity contribution in [2.24, 2.45) is 0 Å². The molecule has 0 fully saturated rings. The number of aromatic nitrogens is 2. The van der Waals surface area contributed by atoms with E-state index in [9.17, 15) is 4.39 Å². The number of nitrogens with two attached hydrogens (primary N) is 1. The van der Waals surface area contributed by atoms with Gasteiger partial charge in [0.05, 0.1) is 16.9 Å². The molecule has 0 amide bonds. The molecule has 0 atom stereocenters. The number of halogens is 3. The van der Waals surface area contributed by atoms with E-state index in [4.69, 9.17) is 28.9 Å². The molecule has 88 valence electrons. The number of nitrogen functional groups attached to an aromatic ring is 1. The van der Waals surface area contributed by atoms with Gasteiger partial charge in [0.2, 0.25) is 5.28 Å². The van der Waals surface area contributed by atoms with E-state index in [1.54, 1.807) is 0 Å². The molecular weight excluding hydrogens is 266 g/mol. The minimum Gasteiger partial charge on any atom is -0.394 e. The second kappa shape index (κ2) is 4.73. The van der Waals surface area contributed by atoms with Crippen LogP contribution in [0.4, 0.5) is 21.6 Å². The number of hydrogen-bond acceptors (Lipinski definition) is 4. The molecular formula is C10H7Cl2FN4. The second-order valence-electron chi connectivity index (χ2n) is 3.20. The summed E-state index contributed by atoms with van der Waals surface area (Å²) in [6.45, 7) is 0. The monoisotopic (exact) mass is 272 g/mol. The van der Waals surface area contributed by atoms with Crippen molar-refractivity contribution in [1.82, 2.24) is 9.97 Å². The molecule has 2 aromatic rings. The average molecular weight is 273 g/mol. The maximum atomic E-state index is 12.9. The first kappa shape index (κ1) is 11.9. The highest BCUT2D eigenvalue weighted by atomic mass is 35.5. The van der Waals surface area contributed by atoms with Crippen LogP contribution in [-0.2, 0) is 0 Å². The third kappa shape index (κ3) is 2.75. The maximum Gasteiger partial charge on any atom is 0.224 e. The van der Waals surface area contributed by atoms with Gasteiger partial charge in [-0.1, -0.05) is 11.6 Å². The Morgan fingerprint density at radius 3 is 2.76 bits per heavy atom. The van der Waals surface area contributed by atoms with Crippen molar-refractivity contribution in [1.29, 1.82) is 0 Å². The molecule has 0 radical (unpaired) electrons. The molecule has 0 unspecified atom stereocenters. The molecule has 1 aromatic carbocycles. The first-order valence-electron chi connectivity index (χ1n) is 4.56. The van der Waals surface area contributed by atoms with Crippen LogP contribution in [-0.4, -0.2) is 9.97 Å². The summed E-state index contributed by atoms with van der Waals surface area (Å²) in [6.07, 6.45) is 1.38. The fourth-order valence-corrected chi connectivity index (χ4v) is 1.49. The molecule has 0 aliphatic carbocycles. The van der Waals surface area contributed by atoms with Gasteiger partial charge in [-0.2, -0.15) is 4.98 Å². The normalized spacial score (nSPS) is 10.3. The van der Waals surface area contributed by atoms with E-state index in [-0.39, 0.29) is 10.3 Å². The van der Waals surface area contributed by atoms with Gasteiger partial charge in [0.15, 0.2) is 5.82 Å². The Labute approximate surface area is 107 Å². The number of rotatable bonds is 2. The van der Waals surface area contributed by atoms with Crippen LogP contribution in [0.25, 0.3) is 0 Å². The predicted molar refractivity (Wildman–Crippen MR) is 66.1 cm³/mol. The molecule has 0 saturated carbocycles. The maximum absolute atomic E-state index is 12.9. The topological polar surface area (TPSA) is 63.8 Å². The van der Waals surface area contributed by atoms with E-state index in [2.05, 4.69) is 15.3 Å². The van der Waals surface area contributed by atoms with Gasteiger partial charge < -0.3 is 11.1 Å². The Morgan fingerprint density at radius 1 is 1.29 bits per heavy atom. The minimum atomic E-state index is -0.495. The lowest BCUT2D eigenvalue weighted by molar-refractivity contribution is 0.628. The van der Waals surface area contributed by atoms with Gasteiger partial charge in [0.25, 0.3) is 0 Å². The van der Waals surface area contributed by atoms with E-state index in [1.807, 2.05) is 0 Å². The van der Waals surface area contributed by atoms with Crippen LogP contribution in [0.2, 0.25) is 10.3 Å². The Kier molecular flexibility index (Phi) is 3.31. The van der Waals surface area contributed by atoms with Crippen molar-refractivity contribution >= 4 is 40.4 Å². The number of hydrogen-bond donors (Lipinski definition) is 2. The molecule has 1 heterocycles. The van der Waals surface area contributed by atoms with Crippen molar-refractivity contribution < 1.29 is 4.39 Å². The van der Waals surface area contributed by atoms with Gasteiger partial charge in [-0.25, -0.2) is 9.37 Å². The van der Waals surface area contributed by atoms with Crippen LogP contribution in [0.3, 0.4) is 0 Å². The van der Waals surface area contributed by atoms with Gasteiger partial charge in [-0.15, -0.1) is 0 Å². The van der Waals surface area contributed by atoms with Crippen LogP contribution in [0, 0.1) is 5.82 Å². The summed E-state index contributed by atoms with van der Waals surface area (Å²) in [6, 6.07) is 4.17. The predicted octanol–water partition coefficient (Wildman–Crippen LogP) is 3.25. The first-order valence-corrected chi connectivity index (χ1v) is 5.32. The summed E-state index contributed by atoms with van der Waals surface area (Å²) >= 11 is 11.3. The largest absolute Gasteiger partial charge is 0.394 e. The van der Waals surface area contributed by atoms with Crippen molar-refractivity contribution in [3.8, 4) is 0 Å². The zero-order valence-corrected chi connectivity index (χ0v) is 9.93. The first-order chi connectivity index (χ1) is 8.06. The van der Waals surface area contributed by atoms with Crippen molar-refractivity contribution in [2.45, 2.75) is 0 Å². The highest BCUT2D eigenvalue weighted by Crippen LogP contribution is 2.24. The Bertz CT molecular complexity index is 562. The molecule has 1 aromatic heterocycles. The van der Waals surface area contributed by atoms with E-state index >= 15 is 0 Å². The van der Waals surface area contributed by atoms with E-state index < -0.39 is 5.82 Å².